The van der Waals surface area contributed by atoms with Gasteiger partial charge in [-0.15, -0.1) is 23.6 Å². The largest absolute Gasteiger partial charge is 0.512 e. The van der Waals surface area contributed by atoms with E-state index in [1.165, 1.54) is 12.4 Å². The van der Waals surface area contributed by atoms with Crippen LogP contribution in [0.15, 0.2) is 54.6 Å². The predicted octanol–water partition coefficient (Wildman–Crippen LogP) is 8.60. The van der Waals surface area contributed by atoms with Crippen molar-refractivity contribution in [3.63, 3.8) is 0 Å². The summed E-state index contributed by atoms with van der Waals surface area (Å²) in [6.45, 7) is 15.3. The first kappa shape index (κ1) is 31.8. The minimum Gasteiger partial charge on any atom is -0.512 e. The van der Waals surface area contributed by atoms with E-state index in [2.05, 4.69) is 26.9 Å². The van der Waals surface area contributed by atoms with Crippen LogP contribution < -0.4 is 0 Å². The van der Waals surface area contributed by atoms with Gasteiger partial charge in [-0.1, -0.05) is 45.9 Å². The molecule has 0 aliphatic heterocycles. The SMILES string of the molecule is CCC(CC)C(=O)/C=C(\O)C(CC)CC.[C-]#[N+]c1cc(C#N)c2ncnc(-c3[c-]c4ccccc4s3)c2c1.[Ir]. The van der Waals surface area contributed by atoms with Crippen LogP contribution in [0.1, 0.15) is 58.9 Å². The standard InChI is InChI=1S/C18H7N4S.C13H24O2.Ir/c1-20-13-6-12(9-19)17-14(8-13)18(22-10-21-17)16-7-11-4-2-3-5-15(11)23-16;1-5-10(6-2)12(14)9-13(15)11(7-3)8-4;/h2-6,8,10H;9-11,14H,5-8H2,1-4H3;/q-1;;/b;12-9-;. The molecule has 6 nitrogen and oxygen atoms in total. The first-order chi connectivity index (χ1) is 18.4. The van der Waals surface area contributed by atoms with E-state index in [4.69, 9.17) is 6.57 Å². The molecular weight excluding hydrogens is 685 g/mol. The molecule has 0 saturated carbocycles. The Kier molecular flexibility index (Phi) is 12.4. The Morgan fingerprint density at radius 2 is 1.79 bits per heavy atom. The zero-order valence-electron chi connectivity index (χ0n) is 22.5. The summed E-state index contributed by atoms with van der Waals surface area (Å²) in [7, 11) is 0. The molecule has 0 atom stereocenters. The number of hydrogen-bond donors (Lipinski definition) is 1. The number of carbonyl (C=O) groups is 1. The van der Waals surface area contributed by atoms with E-state index < -0.39 is 0 Å². The van der Waals surface area contributed by atoms with Crippen molar-refractivity contribution in [1.82, 2.24) is 9.97 Å². The Morgan fingerprint density at radius 1 is 1.13 bits per heavy atom. The predicted molar refractivity (Wildman–Crippen MR) is 154 cm³/mol. The zero-order chi connectivity index (χ0) is 27.7. The molecule has 0 amide bonds. The number of nitriles is 1. The summed E-state index contributed by atoms with van der Waals surface area (Å²) in [5, 5.41) is 20.8. The number of rotatable bonds is 8. The molecule has 4 rings (SSSR count). The molecule has 0 unspecified atom stereocenters. The fourth-order valence-corrected chi connectivity index (χ4v) is 5.30. The molecule has 203 valence electrons. The van der Waals surface area contributed by atoms with Crippen molar-refractivity contribution < 1.29 is 30.0 Å². The van der Waals surface area contributed by atoms with Crippen LogP contribution in [0.4, 0.5) is 5.69 Å². The molecule has 2 aromatic carbocycles. The zero-order valence-corrected chi connectivity index (χ0v) is 25.7. The van der Waals surface area contributed by atoms with Crippen molar-refractivity contribution in [2.75, 3.05) is 0 Å². The van der Waals surface area contributed by atoms with Gasteiger partial charge >= 0.3 is 0 Å². The van der Waals surface area contributed by atoms with Crippen molar-refractivity contribution >= 4 is 43.8 Å². The van der Waals surface area contributed by atoms with Gasteiger partial charge in [0, 0.05) is 43.7 Å². The Bertz CT molecular complexity index is 1510. The Morgan fingerprint density at radius 3 is 2.38 bits per heavy atom. The molecule has 39 heavy (non-hydrogen) atoms. The molecular formula is C31H31IrN4O2S-. The number of aromatic nitrogens is 2. The molecule has 2 aromatic heterocycles. The molecule has 0 aliphatic carbocycles. The van der Waals surface area contributed by atoms with Crippen LogP contribution in [-0.2, 0) is 24.9 Å². The number of thiophene rings is 1. The van der Waals surface area contributed by atoms with Crippen molar-refractivity contribution in [2.24, 2.45) is 11.8 Å². The van der Waals surface area contributed by atoms with Gasteiger partial charge in [-0.05, 0) is 46.7 Å². The number of hydrogen-bond acceptors (Lipinski definition) is 6. The third-order valence-electron chi connectivity index (χ3n) is 6.62. The van der Waals surface area contributed by atoms with E-state index >= 15 is 0 Å². The molecule has 0 fully saturated rings. The molecule has 8 heteroatoms. The van der Waals surface area contributed by atoms with Crippen molar-refractivity contribution in [2.45, 2.75) is 53.4 Å². The number of nitrogens with zero attached hydrogens (tertiary/aromatic N) is 4. The number of aliphatic hydroxyl groups is 1. The molecule has 0 spiro atoms. The second kappa shape index (κ2) is 15.2. The Hall–Kier alpha value is -3.42. The minimum absolute atomic E-state index is 0. The van der Waals surface area contributed by atoms with Crippen molar-refractivity contribution in [3.8, 4) is 16.6 Å². The third kappa shape index (κ3) is 7.58. The molecule has 2 heterocycles. The summed E-state index contributed by atoms with van der Waals surface area (Å²) in [5.74, 6) is 0.547. The van der Waals surface area contributed by atoms with Crippen LogP contribution in [-0.4, -0.2) is 20.9 Å². The fourth-order valence-electron chi connectivity index (χ4n) is 4.29. The summed E-state index contributed by atoms with van der Waals surface area (Å²) < 4.78 is 1.12. The topological polar surface area (TPSA) is 91.2 Å². The maximum absolute atomic E-state index is 11.7. The van der Waals surface area contributed by atoms with Gasteiger partial charge < -0.3 is 5.11 Å². The quantitative estimate of drug-likeness (QED) is 0.112. The number of aliphatic hydroxyl groups excluding tert-OH is 1. The molecule has 4 aromatic rings. The van der Waals surface area contributed by atoms with Gasteiger partial charge in [0.2, 0.25) is 0 Å². The van der Waals surface area contributed by atoms with Gasteiger partial charge in [0.1, 0.15) is 12.4 Å². The van der Waals surface area contributed by atoms with Crippen LogP contribution in [0.5, 0.6) is 0 Å². The molecule has 1 radical (unpaired) electrons. The van der Waals surface area contributed by atoms with E-state index in [1.54, 1.807) is 23.5 Å². The Balaban J connectivity index is 0.000000294. The number of benzene rings is 2. The maximum atomic E-state index is 11.7. The van der Waals surface area contributed by atoms with E-state index in [0.29, 0.717) is 27.8 Å². The third-order valence-corrected chi connectivity index (χ3v) is 7.69. The maximum Gasteiger partial charge on any atom is 0.188 e. The van der Waals surface area contributed by atoms with E-state index in [9.17, 15) is 15.2 Å². The Labute approximate surface area is 247 Å². The monoisotopic (exact) mass is 716 g/mol. The average Bonchev–Trinajstić information content (AvgIpc) is 3.38. The van der Waals surface area contributed by atoms with Crippen LogP contribution in [0.25, 0.3) is 36.4 Å². The van der Waals surface area contributed by atoms with Crippen LogP contribution in [0, 0.1) is 35.8 Å². The van der Waals surface area contributed by atoms with E-state index in [0.717, 1.165) is 40.6 Å². The first-order valence-corrected chi connectivity index (χ1v) is 13.6. The van der Waals surface area contributed by atoms with Gasteiger partial charge in [-0.2, -0.15) is 5.26 Å². The van der Waals surface area contributed by atoms with Gasteiger partial charge in [0.25, 0.3) is 0 Å². The molecule has 1 N–H and O–H groups in total. The van der Waals surface area contributed by atoms with Gasteiger partial charge in [0.05, 0.1) is 23.4 Å². The molecule has 0 saturated heterocycles. The smallest absolute Gasteiger partial charge is 0.188 e. The summed E-state index contributed by atoms with van der Waals surface area (Å²) >= 11 is 1.59. The van der Waals surface area contributed by atoms with Crippen LogP contribution >= 0.6 is 11.3 Å². The number of allylic oxidation sites excluding steroid dienone is 2. The first-order valence-electron chi connectivity index (χ1n) is 12.8. The summed E-state index contributed by atoms with van der Waals surface area (Å²) in [6, 6.07) is 16.7. The number of ketones is 1. The second-order valence-corrected chi connectivity index (χ2v) is 9.94. The fraction of sp³-hybridized carbons (Fsp3) is 0.323. The van der Waals surface area contributed by atoms with E-state index in [1.807, 2.05) is 52.0 Å². The van der Waals surface area contributed by atoms with Gasteiger partial charge in [-0.25, -0.2) is 21.2 Å². The normalized spacial score (nSPS) is 11.0. The number of carbonyl (C=O) groups excluding carboxylic acids is 1. The summed E-state index contributed by atoms with van der Waals surface area (Å²) in [6.07, 6.45) is 6.36. The summed E-state index contributed by atoms with van der Waals surface area (Å²) in [4.78, 5) is 24.6. The van der Waals surface area contributed by atoms with Crippen LogP contribution in [0.3, 0.4) is 0 Å². The number of fused-ring (bicyclic) bond motifs is 2. The van der Waals surface area contributed by atoms with E-state index in [-0.39, 0.29) is 43.5 Å². The van der Waals surface area contributed by atoms with Crippen molar-refractivity contribution in [1.29, 1.82) is 5.26 Å². The van der Waals surface area contributed by atoms with Gasteiger partial charge in [0.15, 0.2) is 11.5 Å². The summed E-state index contributed by atoms with van der Waals surface area (Å²) in [5.41, 5.74) is 2.07. The van der Waals surface area contributed by atoms with Crippen LogP contribution in [0.2, 0.25) is 0 Å². The van der Waals surface area contributed by atoms with Crippen molar-refractivity contribution in [3.05, 3.63) is 77.6 Å². The van der Waals surface area contributed by atoms with Gasteiger partial charge in [-0.3, -0.25) is 9.78 Å². The molecule has 0 aliphatic rings. The minimum atomic E-state index is 0. The average molecular weight is 716 g/mol. The molecule has 0 bridgehead atoms. The second-order valence-electron chi connectivity index (χ2n) is 8.89.